The minimum atomic E-state index is -0.0108. The molecule has 1 heterocycles. The third kappa shape index (κ3) is 4.06. The number of piperazine rings is 1. The molecule has 0 unspecified atom stereocenters. The smallest absolute Gasteiger partial charge is 0.254 e. The van der Waals surface area contributed by atoms with Crippen molar-refractivity contribution >= 4 is 23.2 Å². The molecule has 3 rings (SSSR count). The van der Waals surface area contributed by atoms with Gasteiger partial charge in [0.05, 0.1) is 26.4 Å². The topological polar surface area (TPSA) is 51.2 Å². The van der Waals surface area contributed by atoms with Crippen LogP contribution in [0.25, 0.3) is 0 Å². The molecule has 1 saturated heterocycles. The van der Waals surface area contributed by atoms with Crippen molar-refractivity contribution in [1.82, 2.24) is 4.90 Å². The van der Waals surface area contributed by atoms with Crippen molar-refractivity contribution in [1.29, 1.82) is 0 Å². The monoisotopic (exact) mass is 390 g/mol. The first-order chi connectivity index (χ1) is 13.1. The first-order valence-corrected chi connectivity index (χ1v) is 9.05. The molecule has 0 saturated carbocycles. The van der Waals surface area contributed by atoms with Crippen LogP contribution in [0, 0.1) is 0 Å². The number of rotatable bonds is 5. The maximum atomic E-state index is 12.8. The number of halogens is 1. The number of nitrogens with zero attached hydrogens (tertiary/aromatic N) is 2. The van der Waals surface area contributed by atoms with E-state index in [1.54, 1.807) is 39.5 Å². The number of anilines is 1. The van der Waals surface area contributed by atoms with Gasteiger partial charge in [-0.25, -0.2) is 0 Å². The zero-order valence-corrected chi connectivity index (χ0v) is 16.5. The van der Waals surface area contributed by atoms with Gasteiger partial charge in [0, 0.05) is 37.4 Å². The van der Waals surface area contributed by atoms with E-state index in [1.807, 2.05) is 23.1 Å². The fourth-order valence-corrected chi connectivity index (χ4v) is 3.42. The highest BCUT2D eigenvalue weighted by Gasteiger charge is 2.23. The van der Waals surface area contributed by atoms with Crippen LogP contribution in [0.15, 0.2) is 36.4 Å². The molecule has 0 aliphatic carbocycles. The van der Waals surface area contributed by atoms with E-state index in [0.717, 1.165) is 18.8 Å². The van der Waals surface area contributed by atoms with Crippen molar-refractivity contribution < 1.29 is 19.0 Å². The van der Waals surface area contributed by atoms with Crippen molar-refractivity contribution in [3.63, 3.8) is 0 Å². The fraction of sp³-hybridized carbons (Fsp3) is 0.350. The molecule has 1 aliphatic rings. The number of benzene rings is 2. The molecular formula is C20H23ClN2O4. The average Bonchev–Trinajstić information content (AvgIpc) is 2.72. The van der Waals surface area contributed by atoms with Crippen molar-refractivity contribution in [2.24, 2.45) is 0 Å². The number of carbonyl (C=O) groups excluding carboxylic acids is 1. The molecule has 7 heteroatoms. The van der Waals surface area contributed by atoms with Crippen molar-refractivity contribution in [3.05, 3.63) is 47.0 Å². The lowest BCUT2D eigenvalue weighted by Crippen LogP contribution is -2.48. The van der Waals surface area contributed by atoms with Crippen LogP contribution in [0.2, 0.25) is 5.02 Å². The summed E-state index contributed by atoms with van der Waals surface area (Å²) in [4.78, 5) is 16.9. The van der Waals surface area contributed by atoms with Crippen LogP contribution in [0.3, 0.4) is 0 Å². The lowest BCUT2D eigenvalue weighted by Gasteiger charge is -2.36. The minimum Gasteiger partial charge on any atom is -0.495 e. The van der Waals surface area contributed by atoms with Crippen LogP contribution < -0.4 is 19.1 Å². The molecule has 144 valence electrons. The van der Waals surface area contributed by atoms with Crippen LogP contribution in [0.5, 0.6) is 17.2 Å². The summed E-state index contributed by atoms with van der Waals surface area (Å²) in [5.74, 6) is 1.80. The Hall–Kier alpha value is -2.60. The molecule has 0 spiro atoms. The first-order valence-electron chi connectivity index (χ1n) is 8.67. The molecule has 1 aliphatic heterocycles. The zero-order valence-electron chi connectivity index (χ0n) is 15.7. The van der Waals surface area contributed by atoms with E-state index in [-0.39, 0.29) is 5.91 Å². The Bertz CT molecular complexity index is 820. The number of ether oxygens (including phenoxy) is 3. The highest BCUT2D eigenvalue weighted by molar-refractivity contribution is 6.32. The van der Waals surface area contributed by atoms with E-state index >= 15 is 0 Å². The Balaban J connectivity index is 1.66. The summed E-state index contributed by atoms with van der Waals surface area (Å²) in [5.41, 5.74) is 1.62. The Morgan fingerprint density at radius 1 is 0.852 bits per heavy atom. The number of carbonyl (C=O) groups is 1. The second kappa shape index (κ2) is 8.39. The van der Waals surface area contributed by atoms with Gasteiger partial charge < -0.3 is 24.0 Å². The van der Waals surface area contributed by atoms with Crippen LogP contribution in [-0.2, 0) is 0 Å². The zero-order chi connectivity index (χ0) is 19.4. The number of amides is 1. The molecule has 0 bridgehead atoms. The van der Waals surface area contributed by atoms with Crippen molar-refractivity contribution in [2.75, 3.05) is 52.4 Å². The summed E-state index contributed by atoms with van der Waals surface area (Å²) >= 11 is 6.22. The van der Waals surface area contributed by atoms with Crippen molar-refractivity contribution in [3.8, 4) is 17.2 Å². The number of methoxy groups -OCH3 is 3. The second-order valence-corrected chi connectivity index (χ2v) is 6.58. The van der Waals surface area contributed by atoms with E-state index in [1.165, 1.54) is 0 Å². The predicted molar refractivity (Wildman–Crippen MR) is 106 cm³/mol. The Morgan fingerprint density at radius 3 is 2.07 bits per heavy atom. The molecule has 27 heavy (non-hydrogen) atoms. The van der Waals surface area contributed by atoms with Gasteiger partial charge in [-0.05, 0) is 36.4 Å². The van der Waals surface area contributed by atoms with Crippen molar-refractivity contribution in [2.45, 2.75) is 0 Å². The van der Waals surface area contributed by atoms with Gasteiger partial charge in [-0.3, -0.25) is 4.79 Å². The molecule has 0 N–H and O–H groups in total. The lowest BCUT2D eigenvalue weighted by molar-refractivity contribution is 0.0746. The maximum absolute atomic E-state index is 12.8. The van der Waals surface area contributed by atoms with E-state index in [9.17, 15) is 4.79 Å². The molecule has 2 aromatic rings. The summed E-state index contributed by atoms with van der Waals surface area (Å²) in [6.45, 7) is 2.75. The van der Waals surface area contributed by atoms with Gasteiger partial charge in [0.2, 0.25) is 0 Å². The van der Waals surface area contributed by atoms with Crippen LogP contribution in [0.4, 0.5) is 5.69 Å². The normalized spacial score (nSPS) is 14.1. The summed E-state index contributed by atoms with van der Waals surface area (Å²) in [6.07, 6.45) is 0. The first kappa shape index (κ1) is 19.2. The number of hydrogen-bond acceptors (Lipinski definition) is 5. The number of hydrogen-bond donors (Lipinski definition) is 0. The Labute approximate surface area is 164 Å². The molecular weight excluding hydrogens is 368 g/mol. The van der Waals surface area contributed by atoms with E-state index in [2.05, 4.69) is 4.90 Å². The molecule has 1 amide bonds. The van der Waals surface area contributed by atoms with Crippen LogP contribution in [0.1, 0.15) is 10.4 Å². The Morgan fingerprint density at radius 2 is 1.48 bits per heavy atom. The lowest BCUT2D eigenvalue weighted by atomic mass is 10.1. The maximum Gasteiger partial charge on any atom is 0.254 e. The van der Waals surface area contributed by atoms with E-state index < -0.39 is 0 Å². The summed E-state index contributed by atoms with van der Waals surface area (Å²) in [5, 5.41) is 0.582. The highest BCUT2D eigenvalue weighted by Crippen LogP contribution is 2.30. The third-order valence-electron chi connectivity index (χ3n) is 4.70. The summed E-state index contributed by atoms with van der Waals surface area (Å²) in [6, 6.07) is 11.0. The molecule has 0 atom stereocenters. The standard InChI is InChI=1S/C20H23ClN2O4/c1-25-17-7-5-15(13-16(17)21)22-8-10-23(11-9-22)20(24)14-4-6-18(26-2)19(12-14)27-3/h4-7,12-13H,8-11H2,1-3H3. The third-order valence-corrected chi connectivity index (χ3v) is 4.99. The predicted octanol–water partition coefficient (Wildman–Crippen LogP) is 3.33. The minimum absolute atomic E-state index is 0.0108. The highest BCUT2D eigenvalue weighted by atomic mass is 35.5. The van der Waals surface area contributed by atoms with E-state index in [4.69, 9.17) is 25.8 Å². The molecule has 2 aromatic carbocycles. The SMILES string of the molecule is COc1ccc(N2CCN(C(=O)c3ccc(OC)c(OC)c3)CC2)cc1Cl. The largest absolute Gasteiger partial charge is 0.495 e. The van der Waals surface area contributed by atoms with Gasteiger partial charge >= 0.3 is 0 Å². The second-order valence-electron chi connectivity index (χ2n) is 6.17. The van der Waals surface area contributed by atoms with Gasteiger partial charge in [-0.2, -0.15) is 0 Å². The van der Waals surface area contributed by atoms with E-state index in [0.29, 0.717) is 40.9 Å². The van der Waals surface area contributed by atoms with Crippen LogP contribution in [-0.4, -0.2) is 58.3 Å². The molecule has 0 aromatic heterocycles. The summed E-state index contributed by atoms with van der Waals surface area (Å²) < 4.78 is 15.7. The molecule has 1 fully saturated rings. The quantitative estimate of drug-likeness (QED) is 0.783. The van der Waals surface area contributed by atoms with Gasteiger partial charge in [0.1, 0.15) is 5.75 Å². The van der Waals surface area contributed by atoms with Gasteiger partial charge in [-0.15, -0.1) is 0 Å². The average molecular weight is 391 g/mol. The van der Waals surface area contributed by atoms with Gasteiger partial charge in [0.15, 0.2) is 11.5 Å². The summed E-state index contributed by atoms with van der Waals surface area (Å²) in [7, 11) is 4.73. The molecule has 6 nitrogen and oxygen atoms in total. The molecule has 0 radical (unpaired) electrons. The van der Waals surface area contributed by atoms with Crippen LogP contribution >= 0.6 is 11.6 Å². The Kier molecular flexibility index (Phi) is 5.96. The van der Waals surface area contributed by atoms with Gasteiger partial charge in [0.25, 0.3) is 5.91 Å². The fourth-order valence-electron chi connectivity index (χ4n) is 3.17. The van der Waals surface area contributed by atoms with Gasteiger partial charge in [-0.1, -0.05) is 11.6 Å².